The average molecular weight is 180 g/mol. The zero-order chi connectivity index (χ0) is 9.68. The van der Waals surface area contributed by atoms with Crippen molar-refractivity contribution in [1.29, 1.82) is 0 Å². The van der Waals surface area contributed by atoms with Gasteiger partial charge in [-0.05, 0) is 17.6 Å². The molecule has 2 heteroatoms. The number of ether oxygens (including phenoxy) is 2. The molecular formula is C11H16O2. The first kappa shape index (κ1) is 10.1. The molecule has 0 saturated heterocycles. The summed E-state index contributed by atoms with van der Waals surface area (Å²) in [6.45, 7) is 8.94. The van der Waals surface area contributed by atoms with Gasteiger partial charge in [0.1, 0.15) is 5.76 Å². The second-order valence-electron chi connectivity index (χ2n) is 3.30. The van der Waals surface area contributed by atoms with Gasteiger partial charge in [-0.15, -0.1) is 0 Å². The fraction of sp³-hybridized carbons (Fsp3) is 0.455. The first-order valence-electron chi connectivity index (χ1n) is 4.47. The van der Waals surface area contributed by atoms with E-state index in [9.17, 15) is 0 Å². The van der Waals surface area contributed by atoms with Crippen molar-refractivity contribution in [2.75, 3.05) is 13.4 Å². The highest BCUT2D eigenvalue weighted by molar-refractivity contribution is 5.27. The molecule has 0 bridgehead atoms. The summed E-state index contributed by atoms with van der Waals surface area (Å²) in [7, 11) is 0. The van der Waals surface area contributed by atoms with Gasteiger partial charge in [0, 0.05) is 0 Å². The smallest absolute Gasteiger partial charge is 0.189 e. The van der Waals surface area contributed by atoms with Gasteiger partial charge in [0.25, 0.3) is 0 Å². The SMILES string of the molecule is C=C1/C=C(C(C)C)\C=C/COCO1. The highest BCUT2D eigenvalue weighted by atomic mass is 16.7. The van der Waals surface area contributed by atoms with Crippen LogP contribution >= 0.6 is 0 Å². The summed E-state index contributed by atoms with van der Waals surface area (Å²) >= 11 is 0. The summed E-state index contributed by atoms with van der Waals surface area (Å²) < 4.78 is 10.4. The van der Waals surface area contributed by atoms with Gasteiger partial charge in [0.05, 0.1) is 6.61 Å². The molecule has 0 aromatic rings. The monoisotopic (exact) mass is 180 g/mol. The first-order valence-corrected chi connectivity index (χ1v) is 4.47. The maximum absolute atomic E-state index is 5.21. The molecule has 72 valence electrons. The van der Waals surface area contributed by atoms with Gasteiger partial charge < -0.3 is 9.47 Å². The van der Waals surface area contributed by atoms with Crippen LogP contribution in [0.4, 0.5) is 0 Å². The van der Waals surface area contributed by atoms with Gasteiger partial charge in [-0.2, -0.15) is 0 Å². The van der Waals surface area contributed by atoms with Crippen molar-refractivity contribution in [3.05, 3.63) is 36.1 Å². The Morgan fingerprint density at radius 1 is 1.46 bits per heavy atom. The van der Waals surface area contributed by atoms with E-state index in [1.54, 1.807) is 0 Å². The molecule has 0 aromatic heterocycles. The molecule has 0 radical (unpaired) electrons. The minimum atomic E-state index is 0.283. The quantitative estimate of drug-likeness (QED) is 0.617. The van der Waals surface area contributed by atoms with Crippen LogP contribution in [-0.4, -0.2) is 13.4 Å². The maximum Gasteiger partial charge on any atom is 0.189 e. The van der Waals surface area contributed by atoms with Crippen molar-refractivity contribution in [2.24, 2.45) is 5.92 Å². The van der Waals surface area contributed by atoms with Crippen LogP contribution in [0, 0.1) is 5.92 Å². The second-order valence-corrected chi connectivity index (χ2v) is 3.30. The second kappa shape index (κ2) is 4.87. The maximum atomic E-state index is 5.21. The van der Waals surface area contributed by atoms with Gasteiger partial charge in [-0.3, -0.25) is 0 Å². The van der Waals surface area contributed by atoms with E-state index in [0.29, 0.717) is 18.3 Å². The number of hydrogen-bond acceptors (Lipinski definition) is 2. The normalized spacial score (nSPS) is 25.2. The Morgan fingerprint density at radius 3 is 2.92 bits per heavy atom. The molecule has 2 nitrogen and oxygen atoms in total. The largest absolute Gasteiger partial charge is 0.468 e. The van der Waals surface area contributed by atoms with Crippen LogP contribution in [0.25, 0.3) is 0 Å². The van der Waals surface area contributed by atoms with Crippen LogP contribution < -0.4 is 0 Å². The topological polar surface area (TPSA) is 18.5 Å². The molecule has 0 aromatic carbocycles. The molecule has 0 saturated carbocycles. The minimum absolute atomic E-state index is 0.283. The molecule has 0 N–H and O–H groups in total. The van der Waals surface area contributed by atoms with Crippen molar-refractivity contribution >= 4 is 0 Å². The van der Waals surface area contributed by atoms with E-state index in [1.807, 2.05) is 12.2 Å². The molecule has 1 aliphatic rings. The molecule has 1 heterocycles. The summed E-state index contributed by atoms with van der Waals surface area (Å²) in [6, 6.07) is 0. The predicted molar refractivity (Wildman–Crippen MR) is 53.1 cm³/mol. The van der Waals surface area contributed by atoms with Crippen molar-refractivity contribution in [3.8, 4) is 0 Å². The molecule has 0 aliphatic carbocycles. The molecular weight excluding hydrogens is 164 g/mol. The number of rotatable bonds is 1. The summed E-state index contributed by atoms with van der Waals surface area (Å²) in [5.74, 6) is 1.14. The van der Waals surface area contributed by atoms with E-state index in [1.165, 1.54) is 5.57 Å². The lowest BCUT2D eigenvalue weighted by Gasteiger charge is -2.07. The molecule has 13 heavy (non-hydrogen) atoms. The van der Waals surface area contributed by atoms with Crippen LogP contribution in [0.1, 0.15) is 13.8 Å². The lowest BCUT2D eigenvalue weighted by molar-refractivity contribution is -0.00601. The lowest BCUT2D eigenvalue weighted by atomic mass is 10.0. The van der Waals surface area contributed by atoms with Crippen LogP contribution in [0.5, 0.6) is 0 Å². The predicted octanol–water partition coefficient (Wildman–Crippen LogP) is 2.64. The molecule has 1 rings (SSSR count). The molecule has 0 fully saturated rings. The van der Waals surface area contributed by atoms with Gasteiger partial charge >= 0.3 is 0 Å². The Kier molecular flexibility index (Phi) is 3.77. The van der Waals surface area contributed by atoms with Crippen LogP contribution in [0.2, 0.25) is 0 Å². The van der Waals surface area contributed by atoms with Crippen LogP contribution in [0.3, 0.4) is 0 Å². The van der Waals surface area contributed by atoms with Gasteiger partial charge in [-0.1, -0.05) is 32.6 Å². The van der Waals surface area contributed by atoms with E-state index >= 15 is 0 Å². The van der Waals surface area contributed by atoms with Crippen molar-refractivity contribution in [2.45, 2.75) is 13.8 Å². The highest BCUT2D eigenvalue weighted by Gasteiger charge is 2.02. The minimum Gasteiger partial charge on any atom is -0.468 e. The highest BCUT2D eigenvalue weighted by Crippen LogP contribution is 2.15. The summed E-state index contributed by atoms with van der Waals surface area (Å²) in [5.41, 5.74) is 1.22. The van der Waals surface area contributed by atoms with E-state index in [-0.39, 0.29) is 6.79 Å². The average Bonchev–Trinajstić information content (AvgIpc) is 2.16. The van der Waals surface area contributed by atoms with Crippen molar-refractivity contribution in [1.82, 2.24) is 0 Å². The van der Waals surface area contributed by atoms with Crippen molar-refractivity contribution < 1.29 is 9.47 Å². The third-order valence-electron chi connectivity index (χ3n) is 1.85. The summed E-state index contributed by atoms with van der Waals surface area (Å²) in [4.78, 5) is 0. The van der Waals surface area contributed by atoms with Crippen LogP contribution in [0.15, 0.2) is 36.1 Å². The van der Waals surface area contributed by atoms with E-state index < -0.39 is 0 Å². The van der Waals surface area contributed by atoms with Gasteiger partial charge in [-0.25, -0.2) is 0 Å². The molecule has 0 atom stereocenters. The Labute approximate surface area is 79.5 Å². The Hall–Kier alpha value is -1.02. The van der Waals surface area contributed by atoms with Crippen molar-refractivity contribution in [3.63, 3.8) is 0 Å². The Morgan fingerprint density at radius 2 is 2.23 bits per heavy atom. The third-order valence-corrected chi connectivity index (χ3v) is 1.85. The van der Waals surface area contributed by atoms with Gasteiger partial charge in [0.15, 0.2) is 6.79 Å². The molecule has 0 amide bonds. The Balaban J connectivity index is 2.77. The molecule has 0 spiro atoms. The lowest BCUT2D eigenvalue weighted by Crippen LogP contribution is -1.97. The fourth-order valence-electron chi connectivity index (χ4n) is 1.05. The number of hydrogen-bond donors (Lipinski definition) is 0. The van der Waals surface area contributed by atoms with E-state index in [4.69, 9.17) is 9.47 Å². The standard InChI is InChI=1S/C11H16O2/c1-9(2)11-5-4-6-12-8-13-10(3)7-11/h4-5,7,9H,3,6,8H2,1-2H3/b5-4-,11-7+. The summed E-state index contributed by atoms with van der Waals surface area (Å²) in [5, 5.41) is 0. The van der Waals surface area contributed by atoms with E-state index in [2.05, 4.69) is 26.5 Å². The molecule has 0 unspecified atom stereocenters. The zero-order valence-electron chi connectivity index (χ0n) is 8.25. The number of allylic oxidation sites excluding steroid dienone is 3. The van der Waals surface area contributed by atoms with Gasteiger partial charge in [0.2, 0.25) is 0 Å². The molecule has 1 aliphatic heterocycles. The summed E-state index contributed by atoms with van der Waals surface area (Å²) in [6.07, 6.45) is 6.01. The van der Waals surface area contributed by atoms with E-state index in [0.717, 1.165) is 0 Å². The Bertz CT molecular complexity index is 236. The fourth-order valence-corrected chi connectivity index (χ4v) is 1.05. The van der Waals surface area contributed by atoms with Crippen LogP contribution in [-0.2, 0) is 9.47 Å². The zero-order valence-corrected chi connectivity index (χ0v) is 8.25. The third kappa shape index (κ3) is 3.47. The first-order chi connectivity index (χ1) is 6.20.